The third kappa shape index (κ3) is 3.36. The molecule has 0 unspecified atom stereocenters. The van der Waals surface area contributed by atoms with E-state index < -0.39 is 34.0 Å². The highest BCUT2D eigenvalue weighted by Crippen LogP contribution is 2.25. The van der Waals surface area contributed by atoms with Crippen molar-refractivity contribution in [3.05, 3.63) is 33.9 Å². The highest BCUT2D eigenvalue weighted by molar-refractivity contribution is 5.89. The Hall–Kier alpha value is -2.25. The number of hydrogen-bond acceptors (Lipinski definition) is 3. The van der Waals surface area contributed by atoms with Crippen molar-refractivity contribution in [2.75, 3.05) is 18.4 Å². The van der Waals surface area contributed by atoms with Gasteiger partial charge in [0, 0.05) is 25.2 Å². The summed E-state index contributed by atoms with van der Waals surface area (Å²) in [5.74, 6) is -2.35. The summed E-state index contributed by atoms with van der Waals surface area (Å²) in [6.45, 7) is 4.25. The van der Waals surface area contributed by atoms with Gasteiger partial charge in [0.1, 0.15) is 5.82 Å². The minimum atomic E-state index is -1.29. The molecule has 1 N–H and O–H groups in total. The summed E-state index contributed by atoms with van der Waals surface area (Å²) in [5, 5.41) is 12.7. The number of nitrogens with zero attached hydrogens (tertiary/aromatic N) is 2. The number of carbonyl (C=O) groups excluding carboxylic acids is 1. The van der Waals surface area contributed by atoms with Gasteiger partial charge < -0.3 is 10.2 Å². The average molecular weight is 273 g/mol. The fourth-order valence-electron chi connectivity index (χ4n) is 1.48. The number of nitrogens with one attached hydrogen (secondary N) is 1. The van der Waals surface area contributed by atoms with E-state index in [4.69, 9.17) is 0 Å². The molecule has 0 aliphatic rings. The molecule has 0 aliphatic heterocycles. The average Bonchev–Trinajstić information content (AvgIpc) is 2.33. The summed E-state index contributed by atoms with van der Waals surface area (Å²) in [4.78, 5) is 22.6. The molecule has 1 rings (SSSR count). The Morgan fingerprint density at radius 1 is 1.32 bits per heavy atom. The van der Waals surface area contributed by atoms with Crippen LogP contribution in [0.15, 0.2) is 12.1 Å². The molecule has 0 saturated carbocycles. The molecule has 0 spiro atoms. The third-order valence-corrected chi connectivity index (χ3v) is 2.53. The van der Waals surface area contributed by atoms with Crippen molar-refractivity contribution in [3.8, 4) is 0 Å². The number of hydrogen-bond donors (Lipinski definition) is 1. The molecule has 0 saturated heterocycles. The first-order valence-corrected chi connectivity index (χ1v) is 5.60. The van der Waals surface area contributed by atoms with E-state index in [-0.39, 0.29) is 0 Å². The van der Waals surface area contributed by atoms with Crippen molar-refractivity contribution < 1.29 is 18.5 Å². The molecule has 0 aliphatic carbocycles. The highest BCUT2D eigenvalue weighted by Gasteiger charge is 2.20. The highest BCUT2D eigenvalue weighted by atomic mass is 19.1. The lowest BCUT2D eigenvalue weighted by atomic mass is 10.2. The SMILES string of the molecule is CCN(CC)C(=O)Nc1cc([N+](=O)[O-])c(F)cc1F. The quantitative estimate of drug-likeness (QED) is 0.677. The number of benzene rings is 1. The number of nitro benzene ring substituents is 1. The van der Waals surface area contributed by atoms with E-state index >= 15 is 0 Å². The summed E-state index contributed by atoms with van der Waals surface area (Å²) in [5.41, 5.74) is -1.32. The summed E-state index contributed by atoms with van der Waals surface area (Å²) in [7, 11) is 0. The molecule has 8 heteroatoms. The Labute approximate surface area is 108 Å². The van der Waals surface area contributed by atoms with Gasteiger partial charge in [0.05, 0.1) is 10.6 Å². The molecule has 0 heterocycles. The molecule has 1 aromatic rings. The molecule has 0 fully saturated rings. The van der Waals surface area contributed by atoms with Crippen LogP contribution >= 0.6 is 0 Å². The van der Waals surface area contributed by atoms with E-state index in [1.54, 1.807) is 13.8 Å². The second-order valence-corrected chi connectivity index (χ2v) is 3.64. The van der Waals surface area contributed by atoms with Crippen molar-refractivity contribution in [2.45, 2.75) is 13.8 Å². The van der Waals surface area contributed by atoms with Crippen LogP contribution in [0.2, 0.25) is 0 Å². The summed E-state index contributed by atoms with van der Waals surface area (Å²) in [6, 6.07) is 0.423. The summed E-state index contributed by atoms with van der Waals surface area (Å²) < 4.78 is 26.5. The molecule has 0 bridgehead atoms. The zero-order valence-corrected chi connectivity index (χ0v) is 10.4. The smallest absolute Gasteiger partial charge is 0.321 e. The van der Waals surface area contributed by atoms with Crippen LogP contribution in [0.4, 0.5) is 25.0 Å². The number of rotatable bonds is 4. The normalized spacial score (nSPS) is 10.1. The fourth-order valence-corrected chi connectivity index (χ4v) is 1.48. The second kappa shape index (κ2) is 6.07. The molecule has 6 nitrogen and oxygen atoms in total. The van der Waals surface area contributed by atoms with E-state index in [2.05, 4.69) is 5.32 Å². The molecular weight excluding hydrogens is 260 g/mol. The van der Waals surface area contributed by atoms with Gasteiger partial charge in [-0.05, 0) is 13.8 Å². The zero-order chi connectivity index (χ0) is 14.6. The van der Waals surface area contributed by atoms with Crippen molar-refractivity contribution in [2.24, 2.45) is 0 Å². The van der Waals surface area contributed by atoms with Crippen LogP contribution in [0, 0.1) is 21.7 Å². The van der Waals surface area contributed by atoms with Gasteiger partial charge in [-0.25, -0.2) is 9.18 Å². The summed E-state index contributed by atoms with van der Waals surface area (Å²) in [6.07, 6.45) is 0. The van der Waals surface area contributed by atoms with Crippen LogP contribution in [-0.4, -0.2) is 28.9 Å². The van der Waals surface area contributed by atoms with E-state index in [0.717, 1.165) is 0 Å². The number of nitro groups is 1. The lowest BCUT2D eigenvalue weighted by Crippen LogP contribution is -2.34. The van der Waals surface area contributed by atoms with Crippen molar-refractivity contribution in [1.29, 1.82) is 0 Å². The van der Waals surface area contributed by atoms with E-state index in [1.807, 2.05) is 0 Å². The number of anilines is 1. The maximum Gasteiger partial charge on any atom is 0.321 e. The van der Waals surface area contributed by atoms with Crippen molar-refractivity contribution >= 4 is 17.4 Å². The van der Waals surface area contributed by atoms with Gasteiger partial charge in [-0.1, -0.05) is 0 Å². The van der Waals surface area contributed by atoms with Crippen LogP contribution in [0.1, 0.15) is 13.8 Å². The second-order valence-electron chi connectivity index (χ2n) is 3.64. The largest absolute Gasteiger partial charge is 0.325 e. The zero-order valence-electron chi connectivity index (χ0n) is 10.4. The van der Waals surface area contributed by atoms with Crippen LogP contribution < -0.4 is 5.32 Å². The minimum absolute atomic E-state index is 0.371. The maximum atomic E-state index is 13.4. The van der Waals surface area contributed by atoms with Gasteiger partial charge in [-0.15, -0.1) is 0 Å². The van der Waals surface area contributed by atoms with Crippen molar-refractivity contribution in [3.63, 3.8) is 0 Å². The maximum absolute atomic E-state index is 13.4. The van der Waals surface area contributed by atoms with Crippen LogP contribution in [0.5, 0.6) is 0 Å². The van der Waals surface area contributed by atoms with E-state index in [9.17, 15) is 23.7 Å². The molecule has 0 radical (unpaired) electrons. The van der Waals surface area contributed by atoms with Gasteiger partial charge in [0.2, 0.25) is 5.82 Å². The Morgan fingerprint density at radius 3 is 2.37 bits per heavy atom. The van der Waals surface area contributed by atoms with Gasteiger partial charge >= 0.3 is 11.7 Å². The first-order valence-electron chi connectivity index (χ1n) is 5.60. The fraction of sp³-hybridized carbons (Fsp3) is 0.364. The van der Waals surface area contributed by atoms with Gasteiger partial charge in [-0.2, -0.15) is 4.39 Å². The monoisotopic (exact) mass is 273 g/mol. The molecule has 2 amide bonds. The molecule has 0 aromatic heterocycles. The Kier molecular flexibility index (Phi) is 4.74. The molecular formula is C11H13F2N3O3. The minimum Gasteiger partial charge on any atom is -0.325 e. The Balaban J connectivity index is 3.04. The van der Waals surface area contributed by atoms with Gasteiger partial charge in [0.25, 0.3) is 0 Å². The lowest BCUT2D eigenvalue weighted by molar-refractivity contribution is -0.387. The Bertz CT molecular complexity index is 504. The van der Waals surface area contributed by atoms with E-state index in [1.165, 1.54) is 4.90 Å². The molecule has 1 aromatic carbocycles. The lowest BCUT2D eigenvalue weighted by Gasteiger charge is -2.19. The number of carbonyl (C=O) groups is 1. The van der Waals surface area contributed by atoms with E-state index in [0.29, 0.717) is 25.2 Å². The number of amides is 2. The first kappa shape index (κ1) is 14.8. The van der Waals surface area contributed by atoms with Crippen molar-refractivity contribution in [1.82, 2.24) is 4.90 Å². The standard InChI is InChI=1S/C11H13F2N3O3/c1-3-15(4-2)11(17)14-9-6-10(16(18)19)8(13)5-7(9)12/h5-6H,3-4H2,1-2H3,(H,14,17). The number of halogens is 2. The third-order valence-electron chi connectivity index (χ3n) is 2.53. The molecule has 19 heavy (non-hydrogen) atoms. The van der Waals surface area contributed by atoms with Crippen LogP contribution in [-0.2, 0) is 0 Å². The number of urea groups is 1. The molecule has 104 valence electrons. The molecule has 0 atom stereocenters. The predicted octanol–water partition coefficient (Wildman–Crippen LogP) is 2.75. The predicted molar refractivity (Wildman–Crippen MR) is 65.0 cm³/mol. The van der Waals surface area contributed by atoms with Gasteiger partial charge in [0.15, 0.2) is 0 Å². The topological polar surface area (TPSA) is 75.5 Å². The summed E-state index contributed by atoms with van der Waals surface area (Å²) >= 11 is 0. The first-order chi connectivity index (χ1) is 8.90. The van der Waals surface area contributed by atoms with Gasteiger partial charge in [-0.3, -0.25) is 10.1 Å². The van der Waals surface area contributed by atoms with Crippen LogP contribution in [0.3, 0.4) is 0 Å². The van der Waals surface area contributed by atoms with Crippen LogP contribution in [0.25, 0.3) is 0 Å². The Morgan fingerprint density at radius 2 is 1.89 bits per heavy atom.